The number of thiophene rings is 1. The summed E-state index contributed by atoms with van der Waals surface area (Å²) < 4.78 is 0.970. The van der Waals surface area contributed by atoms with Crippen molar-refractivity contribution in [2.45, 2.75) is 20.3 Å². The Morgan fingerprint density at radius 1 is 1.56 bits per heavy atom. The van der Waals surface area contributed by atoms with Crippen LogP contribution in [0.15, 0.2) is 15.9 Å². The van der Waals surface area contributed by atoms with Crippen molar-refractivity contribution >= 4 is 44.8 Å². The summed E-state index contributed by atoms with van der Waals surface area (Å²) in [5.41, 5.74) is 0.0475. The van der Waals surface area contributed by atoms with Crippen molar-refractivity contribution in [3.05, 3.63) is 20.8 Å². The van der Waals surface area contributed by atoms with E-state index in [4.69, 9.17) is 11.6 Å². The molecule has 90 valence electrons. The first-order valence-corrected chi connectivity index (χ1v) is 7.18. The third kappa shape index (κ3) is 4.44. The average Bonchev–Trinajstić information content (AvgIpc) is 2.61. The Hall–Kier alpha value is -0.0600. The Labute approximate surface area is 114 Å². The fraction of sp³-hybridized carbons (Fsp3) is 0.545. The van der Waals surface area contributed by atoms with Crippen LogP contribution in [0.4, 0.5) is 0 Å². The first-order valence-electron chi connectivity index (χ1n) is 5.04. The summed E-state index contributed by atoms with van der Waals surface area (Å²) in [4.78, 5) is 12.5. The van der Waals surface area contributed by atoms with Crippen molar-refractivity contribution in [2.24, 2.45) is 5.41 Å². The molecule has 0 aliphatic rings. The van der Waals surface area contributed by atoms with Crippen LogP contribution in [0.2, 0.25) is 0 Å². The van der Waals surface area contributed by atoms with Crippen LogP contribution in [-0.2, 0) is 0 Å². The van der Waals surface area contributed by atoms with Gasteiger partial charge in [0.15, 0.2) is 0 Å². The van der Waals surface area contributed by atoms with Gasteiger partial charge < -0.3 is 5.32 Å². The molecule has 0 aliphatic carbocycles. The first-order chi connectivity index (χ1) is 7.44. The maximum atomic E-state index is 11.8. The second-order valence-electron chi connectivity index (χ2n) is 4.39. The lowest BCUT2D eigenvalue weighted by atomic mass is 9.90. The maximum Gasteiger partial charge on any atom is 0.261 e. The average molecular weight is 325 g/mol. The normalized spacial score (nSPS) is 11.5. The molecule has 0 saturated carbocycles. The van der Waals surface area contributed by atoms with Gasteiger partial charge in [0, 0.05) is 12.4 Å². The predicted molar refractivity (Wildman–Crippen MR) is 73.5 cm³/mol. The van der Waals surface area contributed by atoms with Crippen LogP contribution >= 0.6 is 38.9 Å². The summed E-state index contributed by atoms with van der Waals surface area (Å²) in [6.07, 6.45) is 0.892. The lowest BCUT2D eigenvalue weighted by molar-refractivity contribution is 0.0940. The number of rotatable bonds is 5. The van der Waals surface area contributed by atoms with E-state index in [-0.39, 0.29) is 11.3 Å². The van der Waals surface area contributed by atoms with Crippen LogP contribution in [0.1, 0.15) is 29.9 Å². The van der Waals surface area contributed by atoms with E-state index in [1.807, 2.05) is 12.1 Å². The van der Waals surface area contributed by atoms with Gasteiger partial charge >= 0.3 is 0 Å². The molecule has 1 aromatic rings. The van der Waals surface area contributed by atoms with Gasteiger partial charge in [-0.15, -0.1) is 22.9 Å². The summed E-state index contributed by atoms with van der Waals surface area (Å²) >= 11 is 10.5. The fourth-order valence-corrected chi connectivity index (χ4v) is 3.00. The second kappa shape index (κ2) is 6.03. The number of carbonyl (C=O) groups is 1. The van der Waals surface area contributed by atoms with Gasteiger partial charge in [-0.05, 0) is 39.9 Å². The third-order valence-electron chi connectivity index (χ3n) is 2.30. The van der Waals surface area contributed by atoms with Crippen LogP contribution in [0.5, 0.6) is 0 Å². The Kier molecular flexibility index (Phi) is 5.28. The van der Waals surface area contributed by atoms with E-state index in [0.717, 1.165) is 15.1 Å². The van der Waals surface area contributed by atoms with Gasteiger partial charge in [-0.2, -0.15) is 0 Å². The minimum Gasteiger partial charge on any atom is -0.351 e. The molecule has 1 amide bonds. The number of nitrogens with one attached hydrogen (secondary N) is 1. The number of carbonyl (C=O) groups excluding carboxylic acids is 1. The molecule has 0 saturated heterocycles. The minimum absolute atomic E-state index is 0.0154. The molecule has 0 fully saturated rings. The van der Waals surface area contributed by atoms with E-state index < -0.39 is 0 Å². The molecule has 1 N–H and O–H groups in total. The molecule has 5 heteroatoms. The van der Waals surface area contributed by atoms with Crippen molar-refractivity contribution in [1.29, 1.82) is 0 Å². The van der Waals surface area contributed by atoms with Gasteiger partial charge in [0.1, 0.15) is 0 Å². The molecule has 1 rings (SSSR count). The van der Waals surface area contributed by atoms with E-state index in [1.54, 1.807) is 0 Å². The second-order valence-corrected chi connectivity index (χ2v) is 7.23. The summed E-state index contributed by atoms with van der Waals surface area (Å²) in [6.45, 7) is 4.84. The largest absolute Gasteiger partial charge is 0.351 e. The van der Waals surface area contributed by atoms with Crippen LogP contribution < -0.4 is 5.32 Å². The van der Waals surface area contributed by atoms with Crippen molar-refractivity contribution in [3.8, 4) is 0 Å². The zero-order valence-electron chi connectivity index (χ0n) is 9.35. The van der Waals surface area contributed by atoms with Gasteiger partial charge in [0.25, 0.3) is 5.91 Å². The molecule has 0 radical (unpaired) electrons. The molecule has 0 atom stereocenters. The van der Waals surface area contributed by atoms with Crippen LogP contribution in [-0.4, -0.2) is 18.3 Å². The molecular weight excluding hydrogens is 310 g/mol. The standard InChI is InChI=1S/C11H15BrClNOS/c1-11(2,5-6-13)7-14-10(15)8-3-4-9(12)16-8/h3-4H,5-7H2,1-2H3,(H,14,15). The summed E-state index contributed by atoms with van der Waals surface area (Å²) in [5.74, 6) is 0.603. The zero-order valence-corrected chi connectivity index (χ0v) is 12.5. The van der Waals surface area contributed by atoms with Crippen LogP contribution in [0.25, 0.3) is 0 Å². The summed E-state index contributed by atoms with van der Waals surface area (Å²) in [5, 5.41) is 2.93. The summed E-state index contributed by atoms with van der Waals surface area (Å²) in [6, 6.07) is 3.70. The van der Waals surface area contributed by atoms with E-state index >= 15 is 0 Å². The summed E-state index contributed by atoms with van der Waals surface area (Å²) in [7, 11) is 0. The van der Waals surface area contributed by atoms with E-state index in [2.05, 4.69) is 35.1 Å². The number of amides is 1. The lowest BCUT2D eigenvalue weighted by Crippen LogP contribution is -2.33. The van der Waals surface area contributed by atoms with E-state index in [9.17, 15) is 4.79 Å². The Morgan fingerprint density at radius 2 is 2.25 bits per heavy atom. The Bertz CT molecular complexity index is 365. The van der Waals surface area contributed by atoms with Gasteiger partial charge in [-0.1, -0.05) is 13.8 Å². The topological polar surface area (TPSA) is 29.1 Å². The van der Waals surface area contributed by atoms with Gasteiger partial charge in [0.2, 0.25) is 0 Å². The highest BCUT2D eigenvalue weighted by atomic mass is 79.9. The molecule has 0 spiro atoms. The number of hydrogen-bond donors (Lipinski definition) is 1. The molecule has 0 aliphatic heterocycles. The molecule has 1 heterocycles. The van der Waals surface area contributed by atoms with E-state index in [1.165, 1.54) is 11.3 Å². The minimum atomic E-state index is -0.0154. The molecule has 16 heavy (non-hydrogen) atoms. The highest BCUT2D eigenvalue weighted by molar-refractivity contribution is 9.11. The quantitative estimate of drug-likeness (QED) is 0.818. The maximum absolute atomic E-state index is 11.8. The molecule has 1 aromatic heterocycles. The van der Waals surface area contributed by atoms with Gasteiger partial charge in [-0.3, -0.25) is 4.79 Å². The molecule has 2 nitrogen and oxygen atoms in total. The highest BCUT2D eigenvalue weighted by Crippen LogP contribution is 2.23. The van der Waals surface area contributed by atoms with Gasteiger partial charge in [-0.25, -0.2) is 0 Å². The van der Waals surface area contributed by atoms with Crippen molar-refractivity contribution in [2.75, 3.05) is 12.4 Å². The SMILES string of the molecule is CC(C)(CCCl)CNC(=O)c1ccc(Br)s1. The van der Waals surface area contributed by atoms with Crippen LogP contribution in [0.3, 0.4) is 0 Å². The molecule has 0 unspecified atom stereocenters. The predicted octanol–water partition coefficient (Wildman–Crippen LogP) is 3.90. The molecular formula is C11H15BrClNOS. The van der Waals surface area contributed by atoms with Gasteiger partial charge in [0.05, 0.1) is 8.66 Å². The number of alkyl halides is 1. The Morgan fingerprint density at radius 3 is 2.75 bits per heavy atom. The first kappa shape index (κ1) is 14.0. The van der Waals surface area contributed by atoms with E-state index in [0.29, 0.717) is 12.4 Å². The van der Waals surface area contributed by atoms with Crippen molar-refractivity contribution in [3.63, 3.8) is 0 Å². The smallest absolute Gasteiger partial charge is 0.261 e. The fourth-order valence-electron chi connectivity index (χ4n) is 1.19. The van der Waals surface area contributed by atoms with Crippen molar-refractivity contribution in [1.82, 2.24) is 5.32 Å². The monoisotopic (exact) mass is 323 g/mol. The zero-order chi connectivity index (χ0) is 12.2. The molecule has 0 aromatic carbocycles. The number of hydrogen-bond acceptors (Lipinski definition) is 2. The highest BCUT2D eigenvalue weighted by Gasteiger charge is 2.18. The number of halogens is 2. The van der Waals surface area contributed by atoms with Crippen molar-refractivity contribution < 1.29 is 4.79 Å². The van der Waals surface area contributed by atoms with Crippen LogP contribution in [0, 0.1) is 5.41 Å². The Balaban J connectivity index is 2.47. The third-order valence-corrected chi connectivity index (χ3v) is 4.11. The molecule has 0 bridgehead atoms. The lowest BCUT2D eigenvalue weighted by Gasteiger charge is -2.23.